The van der Waals surface area contributed by atoms with Crippen molar-refractivity contribution >= 4 is 47.2 Å². The fourth-order valence-corrected chi connectivity index (χ4v) is 2.32. The van der Waals surface area contributed by atoms with Crippen LogP contribution in [0.5, 0.6) is 11.5 Å². The molecule has 0 aromatic heterocycles. The van der Waals surface area contributed by atoms with Gasteiger partial charge in [-0.1, -0.05) is 23.7 Å². The molecule has 130 valence electrons. The Morgan fingerprint density at radius 3 is 2.62 bits per heavy atom. The number of nitrogens with one attached hydrogen (secondary N) is 1. The lowest BCUT2D eigenvalue weighted by Crippen LogP contribution is -2.23. The zero-order chi connectivity index (χ0) is 16.7. The molecular weight excluding hydrogens is 441 g/mol. The third kappa shape index (κ3) is 6.09. The molecule has 7 heteroatoms. The van der Waals surface area contributed by atoms with E-state index in [9.17, 15) is 0 Å². The number of hydrogen-bond donors (Lipinski definition) is 2. The topological polar surface area (TPSA) is 68.9 Å². The van der Waals surface area contributed by atoms with Crippen LogP contribution in [0.15, 0.2) is 47.5 Å². The Kier molecular flexibility index (Phi) is 8.70. The van der Waals surface area contributed by atoms with Crippen molar-refractivity contribution in [2.75, 3.05) is 26.1 Å². The van der Waals surface area contributed by atoms with Crippen LogP contribution in [0.1, 0.15) is 5.56 Å². The van der Waals surface area contributed by atoms with Gasteiger partial charge >= 0.3 is 0 Å². The minimum absolute atomic E-state index is 0. The number of benzene rings is 2. The molecule has 0 aliphatic carbocycles. The monoisotopic (exact) mass is 461 g/mol. The molecule has 0 saturated heterocycles. The van der Waals surface area contributed by atoms with E-state index in [2.05, 4.69) is 10.3 Å². The molecule has 0 bridgehead atoms. The van der Waals surface area contributed by atoms with Gasteiger partial charge in [-0.3, -0.25) is 4.99 Å². The molecule has 0 heterocycles. The molecule has 2 rings (SSSR count). The number of rotatable bonds is 6. The standard InChI is InChI=1S/C17H20ClN3O2.HI/c1-22-14-5-3-4-12(10-14)8-9-20-17(19)21-13-6-7-16(23-2)15(18)11-13;/h3-7,10-11H,8-9H2,1-2H3,(H3,19,20,21);1H. The summed E-state index contributed by atoms with van der Waals surface area (Å²) in [7, 11) is 3.22. The lowest BCUT2D eigenvalue weighted by Gasteiger charge is -2.08. The van der Waals surface area contributed by atoms with Crippen LogP contribution in [0.25, 0.3) is 0 Å². The molecule has 0 aliphatic heterocycles. The van der Waals surface area contributed by atoms with Crippen molar-refractivity contribution in [3.63, 3.8) is 0 Å². The Morgan fingerprint density at radius 2 is 1.96 bits per heavy atom. The molecule has 24 heavy (non-hydrogen) atoms. The maximum atomic E-state index is 6.07. The highest BCUT2D eigenvalue weighted by Crippen LogP contribution is 2.27. The summed E-state index contributed by atoms with van der Waals surface area (Å²) in [6.45, 7) is 0.579. The molecule has 0 fully saturated rings. The smallest absolute Gasteiger partial charge is 0.193 e. The van der Waals surface area contributed by atoms with E-state index in [1.807, 2.05) is 30.3 Å². The lowest BCUT2D eigenvalue weighted by molar-refractivity contribution is 0.414. The quantitative estimate of drug-likeness (QED) is 0.388. The van der Waals surface area contributed by atoms with Gasteiger partial charge in [-0.2, -0.15) is 0 Å². The van der Waals surface area contributed by atoms with Gasteiger partial charge in [0.05, 0.1) is 19.2 Å². The Morgan fingerprint density at radius 1 is 1.17 bits per heavy atom. The first-order chi connectivity index (χ1) is 11.1. The van der Waals surface area contributed by atoms with Crippen LogP contribution in [0.2, 0.25) is 5.02 Å². The van der Waals surface area contributed by atoms with Gasteiger partial charge in [0.15, 0.2) is 5.96 Å². The highest BCUT2D eigenvalue weighted by molar-refractivity contribution is 14.0. The van der Waals surface area contributed by atoms with Gasteiger partial charge < -0.3 is 20.5 Å². The van der Waals surface area contributed by atoms with Crippen LogP contribution >= 0.6 is 35.6 Å². The summed E-state index contributed by atoms with van der Waals surface area (Å²) in [5.41, 5.74) is 7.80. The molecule has 2 aromatic carbocycles. The molecule has 0 saturated carbocycles. The second kappa shape index (κ2) is 10.2. The first-order valence-corrected chi connectivity index (χ1v) is 7.53. The molecule has 0 atom stereocenters. The van der Waals surface area contributed by atoms with Crippen molar-refractivity contribution in [1.82, 2.24) is 0 Å². The molecule has 0 amide bonds. The minimum Gasteiger partial charge on any atom is -0.497 e. The van der Waals surface area contributed by atoms with Gasteiger partial charge in [0.1, 0.15) is 11.5 Å². The SMILES string of the molecule is COc1cccc(CCN=C(N)Nc2ccc(OC)c(Cl)c2)c1.I. The number of aliphatic imine (C=N–C) groups is 1. The van der Waals surface area contributed by atoms with E-state index in [4.69, 9.17) is 26.8 Å². The highest BCUT2D eigenvalue weighted by Gasteiger charge is 2.02. The van der Waals surface area contributed by atoms with Gasteiger partial charge in [-0.15, -0.1) is 24.0 Å². The van der Waals surface area contributed by atoms with Crippen molar-refractivity contribution in [3.05, 3.63) is 53.1 Å². The van der Waals surface area contributed by atoms with E-state index in [1.165, 1.54) is 0 Å². The summed E-state index contributed by atoms with van der Waals surface area (Å²) < 4.78 is 10.3. The van der Waals surface area contributed by atoms with E-state index in [0.29, 0.717) is 23.3 Å². The second-order valence-electron chi connectivity index (χ2n) is 4.84. The van der Waals surface area contributed by atoms with Crippen LogP contribution in [0, 0.1) is 0 Å². The van der Waals surface area contributed by atoms with Crippen LogP contribution < -0.4 is 20.5 Å². The summed E-state index contributed by atoms with van der Waals surface area (Å²) in [5.74, 6) is 1.80. The molecule has 5 nitrogen and oxygen atoms in total. The lowest BCUT2D eigenvalue weighted by atomic mass is 10.1. The number of anilines is 1. The van der Waals surface area contributed by atoms with Crippen molar-refractivity contribution in [2.24, 2.45) is 10.7 Å². The molecule has 3 N–H and O–H groups in total. The zero-order valence-corrected chi connectivity index (χ0v) is 16.7. The summed E-state index contributed by atoms with van der Waals surface area (Å²) in [5, 5.41) is 3.52. The van der Waals surface area contributed by atoms with E-state index in [-0.39, 0.29) is 24.0 Å². The Balaban J connectivity index is 0.00000288. The van der Waals surface area contributed by atoms with Crippen LogP contribution in [0.4, 0.5) is 5.69 Å². The molecule has 0 radical (unpaired) electrons. The third-order valence-corrected chi connectivity index (χ3v) is 3.54. The minimum atomic E-state index is 0. The fourth-order valence-electron chi connectivity index (χ4n) is 2.06. The van der Waals surface area contributed by atoms with Crippen molar-refractivity contribution in [2.45, 2.75) is 6.42 Å². The summed E-state index contributed by atoms with van der Waals surface area (Å²) >= 11 is 6.07. The van der Waals surface area contributed by atoms with Crippen molar-refractivity contribution in [3.8, 4) is 11.5 Å². The third-order valence-electron chi connectivity index (χ3n) is 3.24. The van der Waals surface area contributed by atoms with Gasteiger partial charge in [0.25, 0.3) is 0 Å². The molecular formula is C17H21ClIN3O2. The first kappa shape index (κ1) is 20.4. The number of methoxy groups -OCH3 is 2. The Labute approximate surface area is 164 Å². The van der Waals surface area contributed by atoms with Gasteiger partial charge in [0.2, 0.25) is 0 Å². The van der Waals surface area contributed by atoms with E-state index in [1.54, 1.807) is 26.4 Å². The number of hydrogen-bond acceptors (Lipinski definition) is 3. The molecule has 0 aliphatic rings. The van der Waals surface area contributed by atoms with Gasteiger partial charge in [0, 0.05) is 12.2 Å². The average molecular weight is 462 g/mol. The number of guanidine groups is 1. The summed E-state index contributed by atoms with van der Waals surface area (Å²) in [4.78, 5) is 4.31. The maximum absolute atomic E-state index is 6.07. The first-order valence-electron chi connectivity index (χ1n) is 7.16. The largest absolute Gasteiger partial charge is 0.497 e. The van der Waals surface area contributed by atoms with Crippen LogP contribution in [-0.2, 0) is 6.42 Å². The van der Waals surface area contributed by atoms with E-state index in [0.717, 1.165) is 23.4 Å². The normalized spacial score (nSPS) is 10.7. The van der Waals surface area contributed by atoms with E-state index >= 15 is 0 Å². The van der Waals surface area contributed by atoms with Gasteiger partial charge in [-0.05, 0) is 42.3 Å². The molecule has 0 spiro atoms. The number of nitrogens with two attached hydrogens (primary N) is 1. The van der Waals surface area contributed by atoms with Crippen LogP contribution in [-0.4, -0.2) is 26.7 Å². The zero-order valence-electron chi connectivity index (χ0n) is 13.6. The predicted molar refractivity (Wildman–Crippen MR) is 110 cm³/mol. The van der Waals surface area contributed by atoms with Gasteiger partial charge in [-0.25, -0.2) is 0 Å². The second-order valence-corrected chi connectivity index (χ2v) is 5.25. The fraction of sp³-hybridized carbons (Fsp3) is 0.235. The Bertz CT molecular complexity index is 695. The summed E-state index contributed by atoms with van der Waals surface area (Å²) in [6, 6.07) is 13.2. The van der Waals surface area contributed by atoms with E-state index < -0.39 is 0 Å². The molecule has 0 unspecified atom stereocenters. The number of nitrogens with zero attached hydrogens (tertiary/aromatic N) is 1. The number of ether oxygens (including phenoxy) is 2. The average Bonchev–Trinajstić information content (AvgIpc) is 2.55. The highest BCUT2D eigenvalue weighted by atomic mass is 127. The van der Waals surface area contributed by atoms with Crippen molar-refractivity contribution in [1.29, 1.82) is 0 Å². The van der Waals surface area contributed by atoms with Crippen molar-refractivity contribution < 1.29 is 9.47 Å². The maximum Gasteiger partial charge on any atom is 0.193 e. The number of halogens is 2. The summed E-state index contributed by atoms with van der Waals surface area (Å²) in [6.07, 6.45) is 0.781. The van der Waals surface area contributed by atoms with Crippen LogP contribution in [0.3, 0.4) is 0 Å². The Hall–Kier alpha value is -1.67. The predicted octanol–water partition coefficient (Wildman–Crippen LogP) is 3.94. The molecule has 2 aromatic rings.